The quantitative estimate of drug-likeness (QED) is 0.519. The first-order chi connectivity index (χ1) is 8.65. The van der Waals surface area contributed by atoms with E-state index in [1.807, 2.05) is 0 Å². The highest BCUT2D eigenvalue weighted by Crippen LogP contribution is 2.29. The predicted molar refractivity (Wildman–Crippen MR) is 67.5 cm³/mol. The third kappa shape index (κ3) is 1.49. The summed E-state index contributed by atoms with van der Waals surface area (Å²) < 4.78 is 0. The van der Waals surface area contributed by atoms with Crippen LogP contribution in [0.4, 0.5) is 16.3 Å². The number of nitrogens with zero attached hydrogens (tertiary/aromatic N) is 2. The Morgan fingerprint density at radius 3 is 3.00 bits per heavy atom. The minimum atomic E-state index is -1.11. The van der Waals surface area contributed by atoms with Gasteiger partial charge in [-0.25, -0.2) is 14.8 Å². The summed E-state index contributed by atoms with van der Waals surface area (Å²) in [6, 6.07) is 5.12. The Bertz CT molecular complexity index is 765. The van der Waals surface area contributed by atoms with E-state index in [-0.39, 0.29) is 0 Å². The number of fused-ring (bicyclic) bond motifs is 3. The van der Waals surface area contributed by atoms with Gasteiger partial charge in [-0.1, -0.05) is 0 Å². The molecule has 1 aromatic carbocycles. The third-order valence-electron chi connectivity index (χ3n) is 2.67. The number of rotatable bonds is 1. The number of aromatic amines is 1. The van der Waals surface area contributed by atoms with Crippen molar-refractivity contribution in [3.05, 3.63) is 24.5 Å². The molecule has 2 heterocycles. The number of hydrogen-bond donors (Lipinski definition) is 4. The van der Waals surface area contributed by atoms with Crippen LogP contribution in [0.1, 0.15) is 0 Å². The van der Waals surface area contributed by atoms with Crippen molar-refractivity contribution in [2.75, 3.05) is 11.1 Å². The average molecular weight is 243 g/mol. The van der Waals surface area contributed by atoms with Crippen LogP contribution in [-0.2, 0) is 0 Å². The van der Waals surface area contributed by atoms with Gasteiger partial charge in [0.2, 0.25) is 0 Å². The zero-order valence-electron chi connectivity index (χ0n) is 9.14. The lowest BCUT2D eigenvalue weighted by Gasteiger charge is -2.00. The van der Waals surface area contributed by atoms with E-state index < -0.39 is 6.09 Å². The standard InChI is InChI=1S/C11H9N5O2/c12-9-8-6-3-5(15-11(17)18)1-2-7(6)16-10(8)14-4-13-9/h1-4,15H,(H,17,18)(H3,12,13,14,16). The van der Waals surface area contributed by atoms with Gasteiger partial charge in [0.05, 0.1) is 5.39 Å². The first-order valence-electron chi connectivity index (χ1n) is 5.17. The van der Waals surface area contributed by atoms with Crippen LogP contribution in [0.5, 0.6) is 0 Å². The van der Waals surface area contributed by atoms with Gasteiger partial charge in [0, 0.05) is 16.6 Å². The van der Waals surface area contributed by atoms with Gasteiger partial charge in [-0.15, -0.1) is 0 Å². The average Bonchev–Trinajstić information content (AvgIpc) is 2.67. The Labute approximate surface area is 101 Å². The van der Waals surface area contributed by atoms with Crippen molar-refractivity contribution >= 4 is 39.5 Å². The van der Waals surface area contributed by atoms with E-state index in [1.54, 1.807) is 18.2 Å². The Morgan fingerprint density at radius 2 is 2.22 bits per heavy atom. The van der Waals surface area contributed by atoms with Crippen molar-refractivity contribution in [1.29, 1.82) is 0 Å². The molecule has 1 amide bonds. The summed E-state index contributed by atoms with van der Waals surface area (Å²) in [5.74, 6) is 0.360. The molecule has 2 aromatic heterocycles. The first kappa shape index (κ1) is 10.3. The van der Waals surface area contributed by atoms with Crippen LogP contribution in [0.2, 0.25) is 0 Å². The Hall–Kier alpha value is -2.83. The molecular weight excluding hydrogens is 234 g/mol. The second-order valence-corrected chi connectivity index (χ2v) is 3.80. The molecule has 0 saturated heterocycles. The zero-order valence-corrected chi connectivity index (χ0v) is 9.14. The number of aromatic nitrogens is 3. The smallest absolute Gasteiger partial charge is 0.409 e. The van der Waals surface area contributed by atoms with Crippen molar-refractivity contribution in [3.8, 4) is 0 Å². The molecule has 0 saturated carbocycles. The molecule has 0 spiro atoms. The fraction of sp³-hybridized carbons (Fsp3) is 0. The molecule has 0 bridgehead atoms. The molecule has 18 heavy (non-hydrogen) atoms. The molecule has 0 aliphatic rings. The second kappa shape index (κ2) is 3.59. The lowest BCUT2D eigenvalue weighted by molar-refractivity contribution is 0.210. The molecule has 7 heteroatoms. The van der Waals surface area contributed by atoms with Gasteiger partial charge >= 0.3 is 6.09 Å². The zero-order chi connectivity index (χ0) is 12.7. The first-order valence-corrected chi connectivity index (χ1v) is 5.17. The van der Waals surface area contributed by atoms with Crippen molar-refractivity contribution in [2.24, 2.45) is 0 Å². The van der Waals surface area contributed by atoms with Gasteiger partial charge in [-0.3, -0.25) is 5.32 Å². The van der Waals surface area contributed by atoms with Crippen LogP contribution >= 0.6 is 0 Å². The van der Waals surface area contributed by atoms with E-state index in [2.05, 4.69) is 20.3 Å². The maximum atomic E-state index is 10.6. The topological polar surface area (TPSA) is 117 Å². The minimum absolute atomic E-state index is 0.360. The van der Waals surface area contributed by atoms with Crippen LogP contribution in [0.25, 0.3) is 21.9 Å². The van der Waals surface area contributed by atoms with E-state index >= 15 is 0 Å². The fourth-order valence-electron chi connectivity index (χ4n) is 1.95. The number of H-pyrrole nitrogens is 1. The van der Waals surface area contributed by atoms with Crippen molar-refractivity contribution in [3.63, 3.8) is 0 Å². The predicted octanol–water partition coefficient (Wildman–Crippen LogP) is 1.78. The van der Waals surface area contributed by atoms with E-state index in [1.165, 1.54) is 6.33 Å². The molecular formula is C11H9N5O2. The number of carboxylic acid groups (broad SMARTS) is 1. The number of amides is 1. The van der Waals surface area contributed by atoms with E-state index in [4.69, 9.17) is 10.8 Å². The molecule has 0 fully saturated rings. The van der Waals surface area contributed by atoms with Crippen LogP contribution in [0.15, 0.2) is 24.5 Å². The number of nitrogen functional groups attached to an aromatic ring is 1. The number of nitrogens with one attached hydrogen (secondary N) is 2. The molecule has 0 unspecified atom stereocenters. The van der Waals surface area contributed by atoms with Gasteiger partial charge in [0.25, 0.3) is 0 Å². The highest BCUT2D eigenvalue weighted by atomic mass is 16.4. The second-order valence-electron chi connectivity index (χ2n) is 3.80. The molecule has 90 valence electrons. The highest BCUT2D eigenvalue weighted by Gasteiger charge is 2.10. The van der Waals surface area contributed by atoms with Crippen molar-refractivity contribution < 1.29 is 9.90 Å². The normalized spacial score (nSPS) is 10.9. The Balaban J connectivity index is 2.31. The summed E-state index contributed by atoms with van der Waals surface area (Å²) in [7, 11) is 0. The van der Waals surface area contributed by atoms with E-state index in [0.29, 0.717) is 22.5 Å². The summed E-state index contributed by atoms with van der Waals surface area (Å²) >= 11 is 0. The molecule has 7 nitrogen and oxygen atoms in total. The number of hydrogen-bond acceptors (Lipinski definition) is 4. The Morgan fingerprint density at radius 1 is 1.39 bits per heavy atom. The summed E-state index contributed by atoms with van der Waals surface area (Å²) in [6.07, 6.45) is 0.266. The summed E-state index contributed by atoms with van der Waals surface area (Å²) in [6.45, 7) is 0. The van der Waals surface area contributed by atoms with Gasteiger partial charge < -0.3 is 15.8 Å². The maximum absolute atomic E-state index is 10.6. The lowest BCUT2D eigenvalue weighted by Crippen LogP contribution is -2.06. The van der Waals surface area contributed by atoms with Crippen LogP contribution in [0.3, 0.4) is 0 Å². The highest BCUT2D eigenvalue weighted by molar-refractivity contribution is 6.11. The van der Waals surface area contributed by atoms with Gasteiger partial charge in [-0.05, 0) is 18.2 Å². The van der Waals surface area contributed by atoms with Crippen LogP contribution < -0.4 is 11.1 Å². The summed E-state index contributed by atoms with van der Waals surface area (Å²) in [5, 5.41) is 12.5. The van der Waals surface area contributed by atoms with Crippen LogP contribution in [0, 0.1) is 0 Å². The fourth-order valence-corrected chi connectivity index (χ4v) is 1.95. The van der Waals surface area contributed by atoms with E-state index in [0.717, 1.165) is 10.9 Å². The number of anilines is 2. The lowest BCUT2D eigenvalue weighted by atomic mass is 10.2. The number of nitrogens with two attached hydrogens (primary N) is 1. The largest absolute Gasteiger partial charge is 0.465 e. The maximum Gasteiger partial charge on any atom is 0.409 e. The summed E-state index contributed by atoms with van der Waals surface area (Å²) in [4.78, 5) is 21.7. The molecule has 0 atom stereocenters. The van der Waals surface area contributed by atoms with Gasteiger partial charge in [-0.2, -0.15) is 0 Å². The third-order valence-corrected chi connectivity index (χ3v) is 2.67. The molecule has 3 aromatic rings. The van der Waals surface area contributed by atoms with E-state index in [9.17, 15) is 4.79 Å². The minimum Gasteiger partial charge on any atom is -0.465 e. The van der Waals surface area contributed by atoms with Gasteiger partial charge in [0.15, 0.2) is 0 Å². The SMILES string of the molecule is Nc1ncnc2[nH]c3ccc(NC(=O)O)cc3c12. The molecule has 0 aliphatic heterocycles. The summed E-state index contributed by atoms with van der Waals surface area (Å²) in [5.41, 5.74) is 7.74. The molecule has 3 rings (SSSR count). The molecule has 0 aliphatic carbocycles. The number of benzene rings is 1. The molecule has 0 radical (unpaired) electrons. The van der Waals surface area contributed by atoms with Gasteiger partial charge in [0.1, 0.15) is 17.8 Å². The number of carbonyl (C=O) groups is 1. The van der Waals surface area contributed by atoms with Crippen molar-refractivity contribution in [1.82, 2.24) is 15.0 Å². The monoisotopic (exact) mass is 243 g/mol. The Kier molecular flexibility index (Phi) is 2.06. The van der Waals surface area contributed by atoms with Crippen LogP contribution in [-0.4, -0.2) is 26.2 Å². The van der Waals surface area contributed by atoms with Crippen molar-refractivity contribution in [2.45, 2.75) is 0 Å². The molecule has 5 N–H and O–H groups in total.